The number of nitro benzene ring substituents is 1. The van der Waals surface area contributed by atoms with Gasteiger partial charge in [0.25, 0.3) is 5.69 Å². The summed E-state index contributed by atoms with van der Waals surface area (Å²) in [7, 11) is 0. The number of hydrogen-bond acceptors (Lipinski definition) is 4. The van der Waals surface area contributed by atoms with Crippen molar-refractivity contribution in [1.29, 1.82) is 0 Å². The van der Waals surface area contributed by atoms with Gasteiger partial charge < -0.3 is 5.73 Å². The van der Waals surface area contributed by atoms with E-state index in [4.69, 9.17) is 5.73 Å². The molecule has 0 aliphatic carbocycles. The van der Waals surface area contributed by atoms with Gasteiger partial charge >= 0.3 is 0 Å². The van der Waals surface area contributed by atoms with Gasteiger partial charge in [-0.1, -0.05) is 24.3 Å². The SMILES string of the molecule is NC(=O)c1cccc(CSCc2cccc([N+](=O)[O-])c2)c1. The molecule has 2 N–H and O–H groups in total. The van der Waals surface area contributed by atoms with E-state index in [-0.39, 0.29) is 5.69 Å². The van der Waals surface area contributed by atoms with E-state index in [2.05, 4.69) is 0 Å². The van der Waals surface area contributed by atoms with Gasteiger partial charge in [-0.3, -0.25) is 14.9 Å². The predicted octanol–water partition coefficient (Wildman–Crippen LogP) is 3.13. The quantitative estimate of drug-likeness (QED) is 0.656. The standard InChI is InChI=1S/C15H14N2O3S/c16-15(18)13-5-1-3-11(7-13)9-21-10-12-4-2-6-14(8-12)17(19)20/h1-8H,9-10H2,(H2,16,18). The minimum atomic E-state index is -0.444. The van der Waals surface area contributed by atoms with Crippen LogP contribution in [0.5, 0.6) is 0 Å². The summed E-state index contributed by atoms with van der Waals surface area (Å²) in [6, 6.07) is 13.8. The molecule has 108 valence electrons. The number of nitrogens with two attached hydrogens (primary N) is 1. The zero-order chi connectivity index (χ0) is 15.2. The molecule has 0 spiro atoms. The van der Waals surface area contributed by atoms with E-state index in [1.54, 1.807) is 42.1 Å². The third-order valence-corrected chi connectivity index (χ3v) is 3.95. The minimum absolute atomic E-state index is 0.101. The summed E-state index contributed by atoms with van der Waals surface area (Å²) in [5.74, 6) is 0.937. The fraction of sp³-hybridized carbons (Fsp3) is 0.133. The zero-order valence-corrected chi connectivity index (χ0v) is 12.0. The molecule has 0 bridgehead atoms. The number of rotatable bonds is 6. The lowest BCUT2D eigenvalue weighted by Crippen LogP contribution is -2.10. The van der Waals surface area contributed by atoms with Crippen LogP contribution in [0.2, 0.25) is 0 Å². The van der Waals surface area contributed by atoms with Crippen molar-refractivity contribution in [2.24, 2.45) is 5.73 Å². The molecule has 2 rings (SSSR count). The highest BCUT2D eigenvalue weighted by Crippen LogP contribution is 2.21. The van der Waals surface area contributed by atoms with Crippen molar-refractivity contribution in [3.63, 3.8) is 0 Å². The van der Waals surface area contributed by atoms with Crippen LogP contribution in [0.4, 0.5) is 5.69 Å². The Morgan fingerprint density at radius 3 is 2.33 bits per heavy atom. The number of hydrogen-bond donors (Lipinski definition) is 1. The van der Waals surface area contributed by atoms with Gasteiger partial charge in [0.05, 0.1) is 4.92 Å². The zero-order valence-electron chi connectivity index (χ0n) is 11.2. The normalized spacial score (nSPS) is 10.3. The molecule has 0 heterocycles. The van der Waals surface area contributed by atoms with Crippen LogP contribution in [0.15, 0.2) is 48.5 Å². The maximum Gasteiger partial charge on any atom is 0.269 e. The average Bonchev–Trinajstić information content (AvgIpc) is 2.48. The first-order chi connectivity index (χ1) is 10.1. The van der Waals surface area contributed by atoms with Gasteiger partial charge in [0.2, 0.25) is 5.91 Å². The first-order valence-corrected chi connectivity index (χ1v) is 7.41. The van der Waals surface area contributed by atoms with E-state index in [1.165, 1.54) is 6.07 Å². The van der Waals surface area contributed by atoms with Crippen LogP contribution in [-0.2, 0) is 11.5 Å². The van der Waals surface area contributed by atoms with E-state index in [9.17, 15) is 14.9 Å². The average molecular weight is 302 g/mol. The summed E-state index contributed by atoms with van der Waals surface area (Å²) in [5.41, 5.74) is 7.73. The summed E-state index contributed by atoms with van der Waals surface area (Å²) in [5, 5.41) is 10.7. The lowest BCUT2D eigenvalue weighted by Gasteiger charge is -2.04. The molecule has 0 saturated heterocycles. The largest absolute Gasteiger partial charge is 0.366 e. The van der Waals surface area contributed by atoms with Crippen molar-refractivity contribution in [3.05, 3.63) is 75.3 Å². The van der Waals surface area contributed by atoms with E-state index >= 15 is 0 Å². The maximum absolute atomic E-state index is 11.1. The molecule has 2 aromatic carbocycles. The molecule has 0 saturated carbocycles. The van der Waals surface area contributed by atoms with Gasteiger partial charge in [0, 0.05) is 29.2 Å². The number of thioether (sulfide) groups is 1. The van der Waals surface area contributed by atoms with Crippen LogP contribution in [0, 0.1) is 10.1 Å². The molecule has 0 unspecified atom stereocenters. The van der Waals surface area contributed by atoms with Crippen molar-refractivity contribution < 1.29 is 9.72 Å². The van der Waals surface area contributed by atoms with Gasteiger partial charge in [0.1, 0.15) is 0 Å². The van der Waals surface area contributed by atoms with Crippen molar-refractivity contribution in [1.82, 2.24) is 0 Å². The number of nitrogens with zero attached hydrogens (tertiary/aromatic N) is 1. The fourth-order valence-corrected chi connectivity index (χ4v) is 2.79. The number of primary amides is 1. The Hall–Kier alpha value is -2.34. The minimum Gasteiger partial charge on any atom is -0.366 e. The van der Waals surface area contributed by atoms with Gasteiger partial charge in [-0.15, -0.1) is 0 Å². The Morgan fingerprint density at radius 2 is 1.71 bits per heavy atom. The second kappa shape index (κ2) is 6.90. The number of benzene rings is 2. The number of amides is 1. The maximum atomic E-state index is 11.1. The molecule has 21 heavy (non-hydrogen) atoms. The molecule has 5 nitrogen and oxygen atoms in total. The summed E-state index contributed by atoms with van der Waals surface area (Å²) < 4.78 is 0. The molecular weight excluding hydrogens is 288 g/mol. The molecule has 6 heteroatoms. The monoisotopic (exact) mass is 302 g/mol. The molecule has 0 aliphatic heterocycles. The van der Waals surface area contributed by atoms with Crippen molar-refractivity contribution in [2.45, 2.75) is 11.5 Å². The second-order valence-corrected chi connectivity index (χ2v) is 5.47. The fourth-order valence-electron chi connectivity index (χ4n) is 1.86. The number of nitro groups is 1. The predicted molar refractivity (Wildman–Crippen MR) is 83.1 cm³/mol. The molecule has 1 amide bonds. The van der Waals surface area contributed by atoms with Crippen LogP contribution in [0.25, 0.3) is 0 Å². The summed E-state index contributed by atoms with van der Waals surface area (Å²) >= 11 is 1.63. The van der Waals surface area contributed by atoms with Crippen LogP contribution >= 0.6 is 11.8 Å². The summed E-state index contributed by atoms with van der Waals surface area (Å²) in [6.45, 7) is 0. The Kier molecular flexibility index (Phi) is 4.94. The number of carbonyl (C=O) groups excluding carboxylic acids is 1. The Balaban J connectivity index is 1.95. The first-order valence-electron chi connectivity index (χ1n) is 6.26. The van der Waals surface area contributed by atoms with E-state index in [0.29, 0.717) is 17.1 Å². The Bertz CT molecular complexity index is 616. The molecule has 0 atom stereocenters. The van der Waals surface area contributed by atoms with Gasteiger partial charge in [0.15, 0.2) is 0 Å². The molecule has 2 aromatic rings. The second-order valence-electron chi connectivity index (χ2n) is 4.48. The van der Waals surface area contributed by atoms with E-state index < -0.39 is 10.8 Å². The summed E-state index contributed by atoms with van der Waals surface area (Å²) in [6.07, 6.45) is 0. The first kappa shape index (κ1) is 15.1. The van der Waals surface area contributed by atoms with Crippen LogP contribution < -0.4 is 5.73 Å². The molecular formula is C15H14N2O3S. The highest BCUT2D eigenvalue weighted by atomic mass is 32.2. The Morgan fingerprint density at radius 1 is 1.10 bits per heavy atom. The van der Waals surface area contributed by atoms with Gasteiger partial charge in [-0.05, 0) is 23.3 Å². The van der Waals surface area contributed by atoms with Crippen LogP contribution in [-0.4, -0.2) is 10.8 Å². The third kappa shape index (κ3) is 4.32. The van der Waals surface area contributed by atoms with E-state index in [0.717, 1.165) is 11.1 Å². The third-order valence-electron chi connectivity index (χ3n) is 2.87. The van der Waals surface area contributed by atoms with Crippen molar-refractivity contribution >= 4 is 23.4 Å². The number of non-ortho nitro benzene ring substituents is 1. The van der Waals surface area contributed by atoms with E-state index in [1.807, 2.05) is 12.1 Å². The van der Waals surface area contributed by atoms with Crippen molar-refractivity contribution in [2.75, 3.05) is 0 Å². The molecule has 0 fully saturated rings. The molecule has 0 radical (unpaired) electrons. The van der Waals surface area contributed by atoms with Gasteiger partial charge in [-0.25, -0.2) is 0 Å². The Labute approximate surface area is 126 Å². The molecule has 0 aromatic heterocycles. The number of carbonyl (C=O) groups is 1. The van der Waals surface area contributed by atoms with Crippen LogP contribution in [0.3, 0.4) is 0 Å². The van der Waals surface area contributed by atoms with Gasteiger partial charge in [-0.2, -0.15) is 11.8 Å². The lowest BCUT2D eigenvalue weighted by atomic mass is 10.1. The topological polar surface area (TPSA) is 86.2 Å². The highest BCUT2D eigenvalue weighted by molar-refractivity contribution is 7.97. The molecule has 0 aliphatic rings. The summed E-state index contributed by atoms with van der Waals surface area (Å²) in [4.78, 5) is 21.4. The highest BCUT2D eigenvalue weighted by Gasteiger charge is 2.06. The lowest BCUT2D eigenvalue weighted by molar-refractivity contribution is -0.384. The van der Waals surface area contributed by atoms with Crippen molar-refractivity contribution in [3.8, 4) is 0 Å². The smallest absolute Gasteiger partial charge is 0.269 e. The van der Waals surface area contributed by atoms with Crippen LogP contribution in [0.1, 0.15) is 21.5 Å².